The predicted molar refractivity (Wildman–Crippen MR) is 122 cm³/mol. The van der Waals surface area contributed by atoms with Crippen LogP contribution in [0.2, 0.25) is 0 Å². The zero-order valence-electron chi connectivity index (χ0n) is 17.0. The molecule has 33 heavy (non-hydrogen) atoms. The van der Waals surface area contributed by atoms with Crippen LogP contribution in [0, 0.1) is 24.1 Å². The Balaban J connectivity index is 0.00000259. The van der Waals surface area contributed by atoms with Crippen LogP contribution < -0.4 is 16.3 Å². The van der Waals surface area contributed by atoms with Gasteiger partial charge in [0, 0.05) is 5.22 Å². The summed E-state index contributed by atoms with van der Waals surface area (Å²) < 4.78 is 15.6. The van der Waals surface area contributed by atoms with Gasteiger partial charge < -0.3 is 5.11 Å². The van der Waals surface area contributed by atoms with Crippen LogP contribution in [0.3, 0.4) is 0 Å². The number of halogens is 2. The van der Waals surface area contributed by atoms with Crippen LogP contribution in [0.4, 0.5) is 4.39 Å². The molecule has 3 heterocycles. The molecular formula is C23H15ClFN5O3. The van der Waals surface area contributed by atoms with Crippen LogP contribution in [0.25, 0.3) is 28.4 Å². The molecule has 0 atom stereocenters. The van der Waals surface area contributed by atoms with Gasteiger partial charge in [0.15, 0.2) is 5.65 Å². The van der Waals surface area contributed by atoms with Crippen molar-refractivity contribution >= 4 is 35.2 Å². The van der Waals surface area contributed by atoms with Crippen LogP contribution in [0.15, 0.2) is 58.1 Å². The van der Waals surface area contributed by atoms with Crippen molar-refractivity contribution in [2.24, 2.45) is 0 Å². The molecule has 0 aliphatic carbocycles. The normalized spacial score (nSPS) is 11.6. The number of nitrogens with one attached hydrogen (secondary N) is 1. The number of hydrogen-bond acceptors (Lipinski definition) is 5. The maximum atomic E-state index is 13.4. The highest BCUT2D eigenvalue weighted by Crippen LogP contribution is 2.20. The van der Waals surface area contributed by atoms with Crippen molar-refractivity contribution in [1.29, 1.82) is 5.26 Å². The summed E-state index contributed by atoms with van der Waals surface area (Å²) in [7, 11) is 0. The summed E-state index contributed by atoms with van der Waals surface area (Å²) in [5.74, 6) is -0.916. The fraction of sp³-hybridized carbons (Fsp3) is 0.0435. The molecule has 0 amide bonds. The Kier molecular flexibility index (Phi) is 5.24. The van der Waals surface area contributed by atoms with Crippen molar-refractivity contribution in [3.05, 3.63) is 97.0 Å². The minimum Gasteiger partial charge on any atom is -0.493 e. The summed E-state index contributed by atoms with van der Waals surface area (Å²) in [4.78, 5) is 30.4. The molecule has 0 spiro atoms. The van der Waals surface area contributed by atoms with Crippen LogP contribution in [0.5, 0.6) is 5.88 Å². The molecule has 5 aromatic rings. The molecular weight excluding hydrogens is 449 g/mol. The van der Waals surface area contributed by atoms with Gasteiger partial charge in [0.2, 0.25) is 5.88 Å². The second kappa shape index (κ2) is 7.93. The molecule has 10 heteroatoms. The molecule has 0 saturated carbocycles. The number of nitriles is 1. The molecule has 8 nitrogen and oxygen atoms in total. The number of imidazole rings is 1. The van der Waals surface area contributed by atoms with Crippen molar-refractivity contribution in [2.45, 2.75) is 6.92 Å². The van der Waals surface area contributed by atoms with Gasteiger partial charge in [-0.05, 0) is 55.0 Å². The van der Waals surface area contributed by atoms with E-state index in [0.717, 1.165) is 4.68 Å². The SMILES string of the molecule is Cc1c(C#N)c2nc3ccccc3n2c(=O)c1=Cc1c(O)n(-c2ccc(F)cc2)[nH]c1=O.Cl. The Morgan fingerprint density at radius 2 is 1.85 bits per heavy atom. The molecule has 5 rings (SSSR count). The maximum absolute atomic E-state index is 13.4. The van der Waals surface area contributed by atoms with Crippen LogP contribution >= 0.6 is 12.4 Å². The Bertz CT molecular complexity index is 1760. The minimum absolute atomic E-state index is 0. The number of fused-ring (bicyclic) bond motifs is 3. The van der Waals surface area contributed by atoms with Gasteiger partial charge in [-0.1, -0.05) is 12.1 Å². The fourth-order valence-corrected chi connectivity index (χ4v) is 3.77. The number of para-hydroxylation sites is 2. The second-order valence-corrected chi connectivity index (χ2v) is 7.22. The first-order valence-electron chi connectivity index (χ1n) is 9.56. The van der Waals surface area contributed by atoms with E-state index in [1.165, 1.54) is 34.7 Å². The zero-order valence-corrected chi connectivity index (χ0v) is 17.9. The number of aromatic amines is 1. The first kappa shape index (κ1) is 21.8. The van der Waals surface area contributed by atoms with Gasteiger partial charge in [0.05, 0.1) is 22.3 Å². The topological polar surface area (TPSA) is 116 Å². The van der Waals surface area contributed by atoms with E-state index in [4.69, 9.17) is 0 Å². The first-order valence-corrected chi connectivity index (χ1v) is 9.56. The number of hydrogen-bond donors (Lipinski definition) is 2. The molecule has 0 unspecified atom stereocenters. The first-order chi connectivity index (χ1) is 15.4. The van der Waals surface area contributed by atoms with E-state index in [2.05, 4.69) is 16.2 Å². The lowest BCUT2D eigenvalue weighted by Crippen LogP contribution is -2.34. The second-order valence-electron chi connectivity index (χ2n) is 7.22. The number of nitrogens with zero attached hydrogens (tertiary/aromatic N) is 4. The number of aromatic nitrogens is 4. The summed E-state index contributed by atoms with van der Waals surface area (Å²) in [5, 5.41) is 23.0. The van der Waals surface area contributed by atoms with Gasteiger partial charge >= 0.3 is 0 Å². The van der Waals surface area contributed by atoms with E-state index in [0.29, 0.717) is 22.3 Å². The molecule has 3 aromatic heterocycles. The van der Waals surface area contributed by atoms with Gasteiger partial charge in [-0.15, -0.1) is 12.4 Å². The van der Waals surface area contributed by atoms with Gasteiger partial charge in [0.25, 0.3) is 11.1 Å². The third-order valence-corrected chi connectivity index (χ3v) is 5.39. The largest absolute Gasteiger partial charge is 0.493 e. The van der Waals surface area contributed by atoms with E-state index in [-0.39, 0.29) is 34.4 Å². The third-order valence-electron chi connectivity index (χ3n) is 5.39. The van der Waals surface area contributed by atoms with Crippen LogP contribution in [-0.4, -0.2) is 24.3 Å². The Morgan fingerprint density at radius 1 is 1.15 bits per heavy atom. The number of pyridine rings is 1. The fourth-order valence-electron chi connectivity index (χ4n) is 3.77. The van der Waals surface area contributed by atoms with Crippen LogP contribution in [-0.2, 0) is 0 Å². The lowest BCUT2D eigenvalue weighted by Gasteiger charge is -2.04. The van der Waals surface area contributed by atoms with Gasteiger partial charge in [-0.3, -0.25) is 19.1 Å². The van der Waals surface area contributed by atoms with Crippen molar-refractivity contribution < 1.29 is 9.50 Å². The van der Waals surface area contributed by atoms with Crippen LogP contribution in [0.1, 0.15) is 16.7 Å². The highest BCUT2D eigenvalue weighted by Gasteiger charge is 2.18. The highest BCUT2D eigenvalue weighted by atomic mass is 35.5. The average molecular weight is 464 g/mol. The number of H-pyrrole nitrogens is 1. The molecule has 0 fully saturated rings. The summed E-state index contributed by atoms with van der Waals surface area (Å²) in [5.41, 5.74) is 0.889. The molecule has 2 N–H and O–H groups in total. The van der Waals surface area contributed by atoms with E-state index < -0.39 is 22.8 Å². The summed E-state index contributed by atoms with van der Waals surface area (Å²) in [6.07, 6.45) is 1.25. The van der Waals surface area contributed by atoms with E-state index >= 15 is 0 Å². The Labute approximate surface area is 190 Å². The van der Waals surface area contributed by atoms with Crippen molar-refractivity contribution in [1.82, 2.24) is 19.2 Å². The Morgan fingerprint density at radius 3 is 2.55 bits per heavy atom. The molecule has 2 aromatic carbocycles. The monoisotopic (exact) mass is 463 g/mol. The quantitative estimate of drug-likeness (QED) is 0.417. The van der Waals surface area contributed by atoms with Gasteiger partial charge in [-0.25, -0.2) is 14.1 Å². The van der Waals surface area contributed by atoms with Gasteiger partial charge in [0.1, 0.15) is 17.4 Å². The van der Waals surface area contributed by atoms with E-state index in [1.807, 2.05) is 0 Å². The molecule has 0 aliphatic rings. The van der Waals surface area contributed by atoms with E-state index in [1.54, 1.807) is 31.2 Å². The van der Waals surface area contributed by atoms with E-state index in [9.17, 15) is 24.3 Å². The molecule has 164 valence electrons. The summed E-state index contributed by atoms with van der Waals surface area (Å²) in [6, 6.07) is 14.2. The summed E-state index contributed by atoms with van der Waals surface area (Å²) >= 11 is 0. The minimum atomic E-state index is -0.653. The average Bonchev–Trinajstić information content (AvgIpc) is 3.30. The third kappa shape index (κ3) is 3.24. The van der Waals surface area contributed by atoms with Crippen molar-refractivity contribution in [3.8, 4) is 17.6 Å². The molecule has 0 radical (unpaired) electrons. The predicted octanol–water partition coefficient (Wildman–Crippen LogP) is 2.32. The zero-order chi connectivity index (χ0) is 22.6. The molecule has 0 bridgehead atoms. The number of benzene rings is 2. The number of aromatic hydroxyl groups is 1. The lowest BCUT2D eigenvalue weighted by atomic mass is 10.1. The Hall–Kier alpha value is -4.42. The van der Waals surface area contributed by atoms with Crippen molar-refractivity contribution in [3.63, 3.8) is 0 Å². The lowest BCUT2D eigenvalue weighted by molar-refractivity contribution is 0.432. The van der Waals surface area contributed by atoms with Crippen molar-refractivity contribution in [2.75, 3.05) is 0 Å². The smallest absolute Gasteiger partial charge is 0.275 e. The maximum Gasteiger partial charge on any atom is 0.275 e. The molecule has 0 saturated heterocycles. The summed E-state index contributed by atoms with van der Waals surface area (Å²) in [6.45, 7) is 1.59. The molecule has 0 aliphatic heterocycles. The highest BCUT2D eigenvalue weighted by molar-refractivity contribution is 5.85. The van der Waals surface area contributed by atoms with Gasteiger partial charge in [-0.2, -0.15) is 5.26 Å². The number of rotatable bonds is 2. The standard InChI is InChI=1S/C23H14FN5O3.ClH/c1-12-15(10-16-21(30)27-29(23(16)32)14-8-6-13(24)7-9-14)22(31)28-19-5-3-2-4-18(19)26-20(28)17(12)11-25;/h2-10,32H,1H3,(H,27,30);1H.